The highest BCUT2D eigenvalue weighted by Crippen LogP contribution is 2.34. The Balaban J connectivity index is 2.02. The molecule has 2 aliphatic heterocycles. The monoisotopic (exact) mass is 236 g/mol. The Hall–Kier alpha value is -0.570. The molecule has 0 aliphatic carbocycles. The Bertz CT molecular complexity index is 418. The van der Waals surface area contributed by atoms with Crippen molar-refractivity contribution in [3.8, 4) is 0 Å². The largest absolute Gasteiger partial charge is 0.314 e. The first-order chi connectivity index (χ1) is 7.69. The van der Waals surface area contributed by atoms with Crippen molar-refractivity contribution in [3.05, 3.63) is 34.3 Å². The quantitative estimate of drug-likeness (QED) is 0.742. The molecule has 0 bridgehead atoms. The molecule has 1 N–H and O–H groups in total. The summed E-state index contributed by atoms with van der Waals surface area (Å²) in [5, 5.41) is 4.42. The van der Waals surface area contributed by atoms with Crippen LogP contribution in [0.4, 0.5) is 0 Å². The van der Waals surface area contributed by atoms with Crippen LogP contribution in [0, 0.1) is 0 Å². The third-order valence-electron chi connectivity index (χ3n) is 3.96. The summed E-state index contributed by atoms with van der Waals surface area (Å²) in [6.45, 7) is 6.66. The summed E-state index contributed by atoms with van der Waals surface area (Å²) in [6.07, 6.45) is 1.11. The number of nitrogens with zero attached hydrogens (tertiary/aromatic N) is 1. The minimum Gasteiger partial charge on any atom is -0.314 e. The van der Waals surface area contributed by atoms with Gasteiger partial charge < -0.3 is 5.32 Å². The molecular formula is C13H17ClN2. The first-order valence-corrected chi connectivity index (χ1v) is 6.29. The van der Waals surface area contributed by atoms with Crippen LogP contribution in [0.25, 0.3) is 0 Å². The second-order valence-corrected chi connectivity index (χ2v) is 5.56. The Labute approximate surface area is 102 Å². The Kier molecular flexibility index (Phi) is 2.46. The lowest BCUT2D eigenvalue weighted by molar-refractivity contribution is 0.0561. The van der Waals surface area contributed by atoms with E-state index in [-0.39, 0.29) is 5.54 Å². The number of nitrogens with one attached hydrogen (secondary N) is 1. The molecule has 3 rings (SSSR count). The predicted octanol–water partition coefficient (Wildman–Crippen LogP) is 2.06. The van der Waals surface area contributed by atoms with Gasteiger partial charge >= 0.3 is 0 Å². The molecule has 2 heterocycles. The van der Waals surface area contributed by atoms with Crippen LogP contribution < -0.4 is 5.32 Å². The second-order valence-electron chi connectivity index (χ2n) is 5.15. The number of piperazine rings is 1. The van der Waals surface area contributed by atoms with Crippen molar-refractivity contribution in [2.45, 2.75) is 25.4 Å². The topological polar surface area (TPSA) is 15.3 Å². The van der Waals surface area contributed by atoms with Crippen molar-refractivity contribution < 1.29 is 0 Å². The zero-order chi connectivity index (χ0) is 11.2. The number of rotatable bonds is 0. The van der Waals surface area contributed by atoms with E-state index >= 15 is 0 Å². The number of hydrogen-bond donors (Lipinski definition) is 1. The van der Waals surface area contributed by atoms with Crippen LogP contribution in [-0.4, -0.2) is 30.1 Å². The number of fused-ring (bicyclic) bond motifs is 2. The average Bonchev–Trinajstić information content (AvgIpc) is 2.26. The molecule has 86 valence electrons. The van der Waals surface area contributed by atoms with Gasteiger partial charge in [0, 0.05) is 36.7 Å². The van der Waals surface area contributed by atoms with Gasteiger partial charge in [0.15, 0.2) is 0 Å². The normalized spacial score (nSPS) is 29.6. The van der Waals surface area contributed by atoms with Gasteiger partial charge in [-0.05, 0) is 30.5 Å². The van der Waals surface area contributed by atoms with Gasteiger partial charge in [-0.3, -0.25) is 4.90 Å². The third-order valence-corrected chi connectivity index (χ3v) is 4.32. The molecule has 0 radical (unpaired) electrons. The van der Waals surface area contributed by atoms with Crippen molar-refractivity contribution >= 4 is 11.6 Å². The van der Waals surface area contributed by atoms with Gasteiger partial charge in [-0.15, -0.1) is 0 Å². The van der Waals surface area contributed by atoms with Gasteiger partial charge in [-0.25, -0.2) is 0 Å². The van der Waals surface area contributed by atoms with Crippen molar-refractivity contribution in [1.29, 1.82) is 0 Å². The first kappa shape index (κ1) is 10.6. The van der Waals surface area contributed by atoms with Crippen LogP contribution in [0.15, 0.2) is 18.2 Å². The second kappa shape index (κ2) is 3.73. The lowest BCUT2D eigenvalue weighted by Crippen LogP contribution is -2.61. The molecule has 0 unspecified atom stereocenters. The summed E-state index contributed by atoms with van der Waals surface area (Å²) in [5.41, 5.74) is 3.04. The SMILES string of the molecule is C[C@@]12CNCCN1Cc1c(Cl)cccc1C2. The summed E-state index contributed by atoms with van der Waals surface area (Å²) >= 11 is 6.28. The molecule has 1 saturated heterocycles. The molecule has 0 aromatic heterocycles. The Morgan fingerprint density at radius 1 is 1.44 bits per heavy atom. The molecule has 1 atom stereocenters. The third kappa shape index (κ3) is 1.56. The fourth-order valence-electron chi connectivity index (χ4n) is 2.94. The van der Waals surface area contributed by atoms with Crippen molar-refractivity contribution in [2.24, 2.45) is 0 Å². The molecule has 2 nitrogen and oxygen atoms in total. The van der Waals surface area contributed by atoms with Crippen LogP contribution in [0.2, 0.25) is 5.02 Å². The van der Waals surface area contributed by atoms with E-state index < -0.39 is 0 Å². The molecule has 16 heavy (non-hydrogen) atoms. The first-order valence-electron chi connectivity index (χ1n) is 5.91. The summed E-state index contributed by atoms with van der Waals surface area (Å²) in [5.74, 6) is 0. The van der Waals surface area contributed by atoms with Crippen molar-refractivity contribution in [3.63, 3.8) is 0 Å². The fraction of sp³-hybridized carbons (Fsp3) is 0.538. The lowest BCUT2D eigenvalue weighted by Gasteiger charge is -2.49. The van der Waals surface area contributed by atoms with Crippen LogP contribution in [0.5, 0.6) is 0 Å². The van der Waals surface area contributed by atoms with Gasteiger partial charge in [0.1, 0.15) is 0 Å². The lowest BCUT2D eigenvalue weighted by atomic mass is 9.83. The van der Waals surface area contributed by atoms with E-state index in [1.54, 1.807) is 0 Å². The van der Waals surface area contributed by atoms with E-state index in [2.05, 4.69) is 29.3 Å². The van der Waals surface area contributed by atoms with E-state index in [4.69, 9.17) is 11.6 Å². The van der Waals surface area contributed by atoms with E-state index in [1.165, 1.54) is 11.1 Å². The van der Waals surface area contributed by atoms with Crippen molar-refractivity contribution in [2.75, 3.05) is 19.6 Å². The van der Waals surface area contributed by atoms with Gasteiger partial charge in [-0.1, -0.05) is 23.7 Å². The molecule has 2 aliphatic rings. The van der Waals surface area contributed by atoms with Gasteiger partial charge in [0.05, 0.1) is 0 Å². The van der Waals surface area contributed by atoms with E-state index in [1.807, 2.05) is 6.07 Å². The Morgan fingerprint density at radius 3 is 3.19 bits per heavy atom. The number of halogens is 1. The summed E-state index contributed by atoms with van der Waals surface area (Å²) in [7, 11) is 0. The van der Waals surface area contributed by atoms with Crippen LogP contribution in [0.3, 0.4) is 0 Å². The maximum absolute atomic E-state index is 6.28. The van der Waals surface area contributed by atoms with Gasteiger partial charge in [0.25, 0.3) is 0 Å². The maximum Gasteiger partial charge on any atom is 0.0453 e. The molecule has 3 heteroatoms. The number of hydrogen-bond acceptors (Lipinski definition) is 2. The van der Waals surface area contributed by atoms with E-state index in [9.17, 15) is 0 Å². The smallest absolute Gasteiger partial charge is 0.0453 e. The van der Waals surface area contributed by atoms with E-state index in [0.29, 0.717) is 0 Å². The highest BCUT2D eigenvalue weighted by Gasteiger charge is 2.38. The zero-order valence-electron chi connectivity index (χ0n) is 9.59. The minimum atomic E-state index is 0.274. The highest BCUT2D eigenvalue weighted by atomic mass is 35.5. The van der Waals surface area contributed by atoms with E-state index in [0.717, 1.165) is 37.6 Å². The summed E-state index contributed by atoms with van der Waals surface area (Å²) < 4.78 is 0. The highest BCUT2D eigenvalue weighted by molar-refractivity contribution is 6.31. The molecular weight excluding hydrogens is 220 g/mol. The molecule has 0 spiro atoms. The minimum absolute atomic E-state index is 0.274. The van der Waals surface area contributed by atoms with Crippen LogP contribution in [0.1, 0.15) is 18.1 Å². The standard InChI is InChI=1S/C13H17ClN2/c1-13-7-10-3-2-4-12(14)11(10)8-16(13)6-5-15-9-13/h2-4,15H,5-9H2,1H3/t13-/m1/s1. The predicted molar refractivity (Wildman–Crippen MR) is 66.8 cm³/mol. The molecule has 0 saturated carbocycles. The van der Waals surface area contributed by atoms with Gasteiger partial charge in [-0.2, -0.15) is 0 Å². The molecule has 1 fully saturated rings. The van der Waals surface area contributed by atoms with Gasteiger partial charge in [0.2, 0.25) is 0 Å². The zero-order valence-corrected chi connectivity index (χ0v) is 10.3. The van der Waals surface area contributed by atoms with Crippen molar-refractivity contribution in [1.82, 2.24) is 10.2 Å². The maximum atomic E-state index is 6.28. The average molecular weight is 237 g/mol. The fourth-order valence-corrected chi connectivity index (χ4v) is 3.20. The summed E-state index contributed by atoms with van der Waals surface area (Å²) in [6, 6.07) is 6.29. The number of benzene rings is 1. The molecule has 1 aromatic rings. The van der Waals surface area contributed by atoms with Crippen LogP contribution in [-0.2, 0) is 13.0 Å². The Morgan fingerprint density at radius 2 is 2.31 bits per heavy atom. The molecule has 1 aromatic carbocycles. The summed E-state index contributed by atoms with van der Waals surface area (Å²) in [4.78, 5) is 2.57. The molecule has 0 amide bonds. The van der Waals surface area contributed by atoms with Crippen LogP contribution >= 0.6 is 11.6 Å².